The van der Waals surface area contributed by atoms with Crippen LogP contribution >= 0.6 is 0 Å². The predicted molar refractivity (Wildman–Crippen MR) is 163 cm³/mol. The van der Waals surface area contributed by atoms with E-state index in [0.717, 1.165) is 44.7 Å². The molecule has 0 unspecified atom stereocenters. The zero-order chi connectivity index (χ0) is 26.6. The fourth-order valence-electron chi connectivity index (χ4n) is 6.21. The summed E-state index contributed by atoms with van der Waals surface area (Å²) in [5.41, 5.74) is 7.68. The number of benzene rings is 5. The molecule has 0 aliphatic heterocycles. The molecule has 0 saturated heterocycles. The van der Waals surface area contributed by atoms with Crippen molar-refractivity contribution >= 4 is 43.6 Å². The van der Waals surface area contributed by atoms with Crippen molar-refractivity contribution in [3.8, 4) is 28.7 Å². The molecule has 4 nitrogen and oxygen atoms in total. The maximum atomic E-state index is 10.4. The van der Waals surface area contributed by atoms with Crippen molar-refractivity contribution < 1.29 is 0 Å². The van der Waals surface area contributed by atoms with E-state index in [1.54, 1.807) is 0 Å². The van der Waals surface area contributed by atoms with Gasteiger partial charge in [-0.15, -0.1) is 0 Å². The molecule has 40 heavy (non-hydrogen) atoms. The van der Waals surface area contributed by atoms with Gasteiger partial charge in [-0.05, 0) is 48.5 Å². The molecule has 5 aromatic carbocycles. The summed E-state index contributed by atoms with van der Waals surface area (Å²) >= 11 is 0. The second kappa shape index (κ2) is 8.69. The minimum Gasteiger partial charge on any atom is -0.309 e. The van der Waals surface area contributed by atoms with Gasteiger partial charge in [-0.3, -0.25) is 4.57 Å². The monoisotopic (exact) mass is 510 g/mol. The Morgan fingerprint density at radius 1 is 0.500 bits per heavy atom. The topological polar surface area (TPSA) is 46.5 Å². The zero-order valence-electron chi connectivity index (χ0n) is 21.5. The second-order valence-corrected chi connectivity index (χ2v) is 9.93. The number of aromatic nitrogens is 3. The molecule has 8 rings (SSSR count). The lowest BCUT2D eigenvalue weighted by atomic mass is 9.98. The minimum absolute atomic E-state index is 0.606. The van der Waals surface area contributed by atoms with Crippen molar-refractivity contribution in [1.82, 2.24) is 14.1 Å². The summed E-state index contributed by atoms with van der Waals surface area (Å²) in [4.78, 5) is 4.96. The van der Waals surface area contributed by atoms with Gasteiger partial charge in [0.2, 0.25) is 0 Å². The molecule has 0 aliphatic rings. The van der Waals surface area contributed by atoms with Crippen molar-refractivity contribution in [3.63, 3.8) is 0 Å². The third-order valence-electron chi connectivity index (χ3n) is 7.83. The van der Waals surface area contributed by atoms with Crippen LogP contribution in [0.3, 0.4) is 0 Å². The first-order chi connectivity index (χ1) is 19.8. The van der Waals surface area contributed by atoms with Gasteiger partial charge < -0.3 is 4.57 Å². The van der Waals surface area contributed by atoms with Gasteiger partial charge in [-0.25, -0.2) is 4.98 Å². The lowest BCUT2D eigenvalue weighted by molar-refractivity contribution is 1.08. The maximum absolute atomic E-state index is 10.4. The molecule has 0 radical (unpaired) electrons. The van der Waals surface area contributed by atoms with Crippen LogP contribution in [0.25, 0.3) is 66.2 Å². The summed E-state index contributed by atoms with van der Waals surface area (Å²) < 4.78 is 4.51. The van der Waals surface area contributed by atoms with Gasteiger partial charge in [-0.2, -0.15) is 5.26 Å². The van der Waals surface area contributed by atoms with Crippen molar-refractivity contribution in [2.75, 3.05) is 0 Å². The molecule has 0 spiro atoms. The maximum Gasteiger partial charge on any atom is 0.145 e. The van der Waals surface area contributed by atoms with E-state index in [0.29, 0.717) is 5.56 Å². The van der Waals surface area contributed by atoms with Crippen molar-refractivity contribution in [2.45, 2.75) is 0 Å². The summed E-state index contributed by atoms with van der Waals surface area (Å²) in [6.45, 7) is 0. The Hall–Kier alpha value is -5.66. The van der Waals surface area contributed by atoms with E-state index >= 15 is 0 Å². The number of pyridine rings is 1. The Morgan fingerprint density at radius 2 is 1.00 bits per heavy atom. The number of fused-ring (bicyclic) bond motifs is 6. The highest BCUT2D eigenvalue weighted by Crippen LogP contribution is 2.41. The van der Waals surface area contributed by atoms with Crippen LogP contribution in [0.1, 0.15) is 5.56 Å². The van der Waals surface area contributed by atoms with Crippen LogP contribution in [-0.2, 0) is 0 Å². The molecule has 3 heterocycles. The van der Waals surface area contributed by atoms with E-state index in [2.05, 4.69) is 124 Å². The molecular formula is C36H22N4. The van der Waals surface area contributed by atoms with E-state index in [9.17, 15) is 5.26 Å². The SMILES string of the molecule is N#Cc1cccc(-n2c3ccccc3c3ccccc32)c1-c1cccnc1-n1c2ccccc2c2ccccc21. The van der Waals surface area contributed by atoms with E-state index in [1.165, 1.54) is 21.5 Å². The number of hydrogen-bond donors (Lipinski definition) is 0. The molecular weight excluding hydrogens is 488 g/mol. The highest BCUT2D eigenvalue weighted by atomic mass is 15.1. The molecule has 186 valence electrons. The van der Waals surface area contributed by atoms with Crippen LogP contribution in [0.2, 0.25) is 0 Å². The Balaban J connectivity index is 1.51. The predicted octanol–water partition coefficient (Wildman–Crippen LogP) is 8.81. The van der Waals surface area contributed by atoms with Crippen molar-refractivity contribution in [3.05, 3.63) is 139 Å². The number of rotatable bonds is 3. The molecule has 8 aromatic rings. The lowest BCUT2D eigenvalue weighted by Gasteiger charge is -2.18. The van der Waals surface area contributed by atoms with Crippen LogP contribution in [0.15, 0.2) is 134 Å². The zero-order valence-corrected chi connectivity index (χ0v) is 21.5. The average molecular weight is 511 g/mol. The molecule has 0 N–H and O–H groups in total. The Morgan fingerprint density at radius 3 is 1.52 bits per heavy atom. The minimum atomic E-state index is 0.606. The highest BCUT2D eigenvalue weighted by molar-refractivity contribution is 6.11. The van der Waals surface area contributed by atoms with Gasteiger partial charge in [-0.1, -0.05) is 78.9 Å². The first kappa shape index (κ1) is 22.3. The summed E-state index contributed by atoms with van der Waals surface area (Å²) in [7, 11) is 0. The van der Waals surface area contributed by atoms with Gasteiger partial charge >= 0.3 is 0 Å². The van der Waals surface area contributed by atoms with Crippen LogP contribution in [0.5, 0.6) is 0 Å². The van der Waals surface area contributed by atoms with Gasteiger partial charge in [0.25, 0.3) is 0 Å². The van der Waals surface area contributed by atoms with Crippen LogP contribution in [-0.4, -0.2) is 14.1 Å². The molecule has 0 bridgehead atoms. The Labute approximate surface area is 230 Å². The average Bonchev–Trinajstić information content (AvgIpc) is 3.54. The first-order valence-corrected chi connectivity index (χ1v) is 13.3. The summed E-state index contributed by atoms with van der Waals surface area (Å²) in [5, 5.41) is 15.1. The summed E-state index contributed by atoms with van der Waals surface area (Å²) in [6.07, 6.45) is 1.83. The number of para-hydroxylation sites is 4. The molecule has 0 fully saturated rings. The third-order valence-corrected chi connectivity index (χ3v) is 7.83. The molecule has 3 aromatic heterocycles. The van der Waals surface area contributed by atoms with Gasteiger partial charge in [0.15, 0.2) is 0 Å². The smallest absolute Gasteiger partial charge is 0.145 e. The quantitative estimate of drug-likeness (QED) is 0.238. The van der Waals surface area contributed by atoms with Gasteiger partial charge in [0.05, 0.1) is 39.4 Å². The van der Waals surface area contributed by atoms with Crippen LogP contribution in [0.4, 0.5) is 0 Å². The van der Waals surface area contributed by atoms with Crippen molar-refractivity contribution in [2.24, 2.45) is 0 Å². The number of nitrogens with zero attached hydrogens (tertiary/aromatic N) is 4. The fraction of sp³-hybridized carbons (Fsp3) is 0. The number of hydrogen-bond acceptors (Lipinski definition) is 2. The molecule has 0 saturated carbocycles. The Bertz CT molecular complexity index is 2190. The van der Waals surface area contributed by atoms with Crippen LogP contribution < -0.4 is 0 Å². The third kappa shape index (κ3) is 3.09. The van der Waals surface area contributed by atoms with E-state index in [-0.39, 0.29) is 0 Å². The number of nitriles is 1. The van der Waals surface area contributed by atoms with Crippen molar-refractivity contribution in [1.29, 1.82) is 5.26 Å². The largest absolute Gasteiger partial charge is 0.309 e. The lowest BCUT2D eigenvalue weighted by Crippen LogP contribution is -2.04. The molecule has 0 aliphatic carbocycles. The summed E-state index contributed by atoms with van der Waals surface area (Å²) in [6, 6.07) is 46.3. The highest BCUT2D eigenvalue weighted by Gasteiger charge is 2.22. The van der Waals surface area contributed by atoms with E-state index in [4.69, 9.17) is 4.98 Å². The first-order valence-electron chi connectivity index (χ1n) is 13.3. The summed E-state index contributed by atoms with van der Waals surface area (Å²) in [5.74, 6) is 0.796. The van der Waals surface area contributed by atoms with E-state index in [1.807, 2.05) is 24.4 Å². The van der Waals surface area contributed by atoms with Gasteiger partial charge in [0, 0.05) is 38.9 Å². The van der Waals surface area contributed by atoms with Crippen LogP contribution in [0, 0.1) is 11.3 Å². The van der Waals surface area contributed by atoms with E-state index < -0.39 is 0 Å². The Kier molecular flexibility index (Phi) is 4.85. The molecule has 0 amide bonds. The molecule has 0 atom stereocenters. The second-order valence-electron chi connectivity index (χ2n) is 9.93. The fourth-order valence-corrected chi connectivity index (χ4v) is 6.21. The normalized spacial score (nSPS) is 11.5. The standard InChI is InChI=1S/C36H22N4/c37-23-24-11-9-21-34(39-30-17-5-1-12-25(30)26-13-2-6-18-31(26)39)35(24)29-16-10-22-38-36(29)40-32-19-7-3-14-27(32)28-15-4-8-20-33(28)40/h1-22H. The van der Waals surface area contributed by atoms with Gasteiger partial charge in [0.1, 0.15) is 5.82 Å². The molecule has 4 heteroatoms.